The maximum atomic E-state index is 12.0. The van der Waals surface area contributed by atoms with Gasteiger partial charge in [-0.05, 0) is 43.9 Å². The van der Waals surface area contributed by atoms with Crippen LogP contribution in [0.5, 0.6) is 5.75 Å². The molecule has 0 bridgehead atoms. The van der Waals surface area contributed by atoms with Gasteiger partial charge in [-0.3, -0.25) is 4.79 Å². The third-order valence-corrected chi connectivity index (χ3v) is 6.76. The molecule has 0 spiro atoms. The molecule has 32 heavy (non-hydrogen) atoms. The van der Waals surface area contributed by atoms with Crippen molar-refractivity contribution in [3.05, 3.63) is 29.8 Å². The number of thioether (sulfide) groups is 1. The van der Waals surface area contributed by atoms with Crippen molar-refractivity contribution in [2.75, 3.05) is 44.5 Å². The molecule has 1 saturated heterocycles. The lowest BCUT2D eigenvalue weighted by molar-refractivity contribution is -0.121. The number of hydrogen-bond donors (Lipinski definition) is 3. The number of halogens is 1. The maximum Gasteiger partial charge on any atom is 0.315 e. The zero-order valence-electron chi connectivity index (χ0n) is 18.9. The van der Waals surface area contributed by atoms with Gasteiger partial charge in [0, 0.05) is 42.4 Å². The van der Waals surface area contributed by atoms with E-state index in [1.807, 2.05) is 43.0 Å². The molecule has 1 heterocycles. The fourth-order valence-corrected chi connectivity index (χ4v) is 4.64. The van der Waals surface area contributed by atoms with Crippen molar-refractivity contribution in [1.82, 2.24) is 16.0 Å². The molecule has 3 amide bonds. The second kappa shape index (κ2) is 16.0. The van der Waals surface area contributed by atoms with Crippen LogP contribution < -0.4 is 20.7 Å². The third kappa shape index (κ3) is 11.8. The zero-order valence-corrected chi connectivity index (χ0v) is 20.4. The van der Waals surface area contributed by atoms with Gasteiger partial charge in [-0.25, -0.2) is 4.79 Å². The van der Waals surface area contributed by atoms with Crippen LogP contribution in [0.2, 0.25) is 0 Å². The van der Waals surface area contributed by atoms with Crippen LogP contribution in [0.25, 0.3) is 0 Å². The Morgan fingerprint density at radius 3 is 2.81 bits per heavy atom. The van der Waals surface area contributed by atoms with E-state index in [1.54, 1.807) is 0 Å². The monoisotopic (exact) mass is 485 g/mol. The molecule has 2 unspecified atom stereocenters. The highest BCUT2D eigenvalue weighted by Gasteiger charge is 2.17. The Morgan fingerprint density at radius 1 is 1.22 bits per heavy atom. The quantitative estimate of drug-likeness (QED) is 0.278. The molecular weight excluding hydrogens is 450 g/mol. The summed E-state index contributed by atoms with van der Waals surface area (Å²) in [5, 5.41) is 9.09. The van der Waals surface area contributed by atoms with Gasteiger partial charge < -0.3 is 25.4 Å². The number of aryl methyl sites for hydroxylation is 1. The van der Waals surface area contributed by atoms with Crippen LogP contribution in [0.1, 0.15) is 38.2 Å². The van der Waals surface area contributed by atoms with Crippen molar-refractivity contribution in [3.63, 3.8) is 0 Å². The lowest BCUT2D eigenvalue weighted by Crippen LogP contribution is -2.46. The zero-order chi connectivity index (χ0) is 23.0. The topological polar surface area (TPSA) is 88.7 Å². The molecule has 1 aromatic rings. The SMILES string of the molecule is CC1CSC(CCCCC(=O)NCCOCCOc2ccc(CCCl)cc2)CNC(=O)N1. The minimum atomic E-state index is -0.0901. The van der Waals surface area contributed by atoms with Crippen LogP contribution in [-0.2, 0) is 16.0 Å². The number of rotatable bonds is 14. The first-order valence-electron chi connectivity index (χ1n) is 11.3. The average molecular weight is 486 g/mol. The Morgan fingerprint density at radius 2 is 2.03 bits per heavy atom. The minimum Gasteiger partial charge on any atom is -0.491 e. The molecule has 1 aliphatic heterocycles. The second-order valence-corrected chi connectivity index (χ2v) is 9.56. The summed E-state index contributed by atoms with van der Waals surface area (Å²) in [5.41, 5.74) is 1.19. The number of alkyl halides is 1. The third-order valence-electron chi connectivity index (χ3n) is 5.00. The number of hydrogen-bond acceptors (Lipinski definition) is 5. The Kier molecular flexibility index (Phi) is 13.3. The van der Waals surface area contributed by atoms with E-state index in [2.05, 4.69) is 16.0 Å². The van der Waals surface area contributed by atoms with E-state index >= 15 is 0 Å². The van der Waals surface area contributed by atoms with Crippen molar-refractivity contribution in [1.29, 1.82) is 0 Å². The molecule has 1 aliphatic rings. The molecule has 7 nitrogen and oxygen atoms in total. The van der Waals surface area contributed by atoms with Crippen LogP contribution in [0.15, 0.2) is 24.3 Å². The first kappa shape index (κ1) is 26.6. The van der Waals surface area contributed by atoms with Gasteiger partial charge in [0.1, 0.15) is 12.4 Å². The molecule has 0 saturated carbocycles. The molecule has 2 rings (SSSR count). The Hall–Kier alpha value is -1.64. The largest absolute Gasteiger partial charge is 0.491 e. The number of nitrogens with one attached hydrogen (secondary N) is 3. The number of unbranched alkanes of at least 4 members (excludes halogenated alkanes) is 1. The van der Waals surface area contributed by atoms with Crippen molar-refractivity contribution >= 4 is 35.3 Å². The van der Waals surface area contributed by atoms with Gasteiger partial charge in [-0.15, -0.1) is 11.6 Å². The normalized spacial score (nSPS) is 18.8. The van der Waals surface area contributed by atoms with E-state index in [9.17, 15) is 9.59 Å². The summed E-state index contributed by atoms with van der Waals surface area (Å²) in [5.74, 6) is 2.40. The van der Waals surface area contributed by atoms with E-state index < -0.39 is 0 Å². The molecule has 1 fully saturated rings. The number of benzene rings is 1. The maximum absolute atomic E-state index is 12.0. The fourth-order valence-electron chi connectivity index (χ4n) is 3.24. The molecule has 9 heteroatoms. The van der Waals surface area contributed by atoms with Crippen molar-refractivity contribution in [2.24, 2.45) is 0 Å². The van der Waals surface area contributed by atoms with Crippen molar-refractivity contribution in [2.45, 2.75) is 50.3 Å². The summed E-state index contributed by atoms with van der Waals surface area (Å²) in [6, 6.07) is 7.99. The molecule has 2 atom stereocenters. The predicted molar refractivity (Wildman–Crippen MR) is 131 cm³/mol. The van der Waals surface area contributed by atoms with E-state index in [4.69, 9.17) is 21.1 Å². The van der Waals surface area contributed by atoms with Crippen LogP contribution in [0, 0.1) is 0 Å². The summed E-state index contributed by atoms with van der Waals surface area (Å²) in [6.45, 7) is 4.60. The summed E-state index contributed by atoms with van der Waals surface area (Å²) >= 11 is 7.61. The number of carbonyl (C=O) groups excluding carboxylic acids is 2. The van der Waals surface area contributed by atoms with Crippen molar-refractivity contribution < 1.29 is 19.1 Å². The van der Waals surface area contributed by atoms with Gasteiger partial charge in [0.05, 0.1) is 13.2 Å². The number of ether oxygens (including phenoxy) is 2. The smallest absolute Gasteiger partial charge is 0.315 e. The van der Waals surface area contributed by atoms with Gasteiger partial charge in [0.15, 0.2) is 0 Å². The molecule has 0 aliphatic carbocycles. The first-order chi connectivity index (χ1) is 15.6. The van der Waals surface area contributed by atoms with E-state index in [1.165, 1.54) is 5.56 Å². The lowest BCUT2D eigenvalue weighted by atomic mass is 10.1. The molecule has 180 valence electrons. The fraction of sp³-hybridized carbons (Fsp3) is 0.652. The Bertz CT molecular complexity index is 678. The van der Waals surface area contributed by atoms with Gasteiger partial charge in [0.25, 0.3) is 0 Å². The van der Waals surface area contributed by atoms with Gasteiger partial charge >= 0.3 is 6.03 Å². The summed E-state index contributed by atoms with van der Waals surface area (Å²) < 4.78 is 11.1. The predicted octanol–water partition coefficient (Wildman–Crippen LogP) is 3.34. The number of urea groups is 1. The standard InChI is InChI=1S/C23H36ClN3O4S/c1-18-17-32-21(16-26-23(29)27-18)4-2-3-5-22(28)25-12-13-30-14-15-31-20-8-6-19(7-9-20)10-11-24/h6-9,18,21H,2-5,10-17H2,1H3,(H,25,28)(H2,26,27,29). The first-order valence-corrected chi connectivity index (χ1v) is 12.9. The Balaban J connectivity index is 1.43. The highest BCUT2D eigenvalue weighted by atomic mass is 35.5. The van der Waals surface area contributed by atoms with Crippen LogP contribution in [-0.4, -0.2) is 67.8 Å². The number of carbonyl (C=O) groups is 2. The van der Waals surface area contributed by atoms with Crippen LogP contribution >= 0.6 is 23.4 Å². The summed E-state index contributed by atoms with van der Waals surface area (Å²) in [4.78, 5) is 23.5. The molecule has 0 aromatic heterocycles. The molecule has 0 radical (unpaired) electrons. The highest BCUT2D eigenvalue weighted by Crippen LogP contribution is 2.19. The second-order valence-electron chi connectivity index (χ2n) is 7.85. The minimum absolute atomic E-state index is 0.0540. The van der Waals surface area contributed by atoms with E-state index in [-0.39, 0.29) is 18.0 Å². The summed E-state index contributed by atoms with van der Waals surface area (Å²) in [6.07, 6.45) is 4.20. The lowest BCUT2D eigenvalue weighted by Gasteiger charge is -2.24. The molecule has 3 N–H and O–H groups in total. The van der Waals surface area contributed by atoms with E-state index in [0.717, 1.165) is 37.2 Å². The number of amides is 3. The summed E-state index contributed by atoms with van der Waals surface area (Å²) in [7, 11) is 0. The van der Waals surface area contributed by atoms with Crippen LogP contribution in [0.3, 0.4) is 0 Å². The van der Waals surface area contributed by atoms with Gasteiger partial charge in [-0.1, -0.05) is 18.6 Å². The Labute approximate surface area is 200 Å². The van der Waals surface area contributed by atoms with E-state index in [0.29, 0.717) is 50.5 Å². The van der Waals surface area contributed by atoms with Gasteiger partial charge in [0.2, 0.25) is 5.91 Å². The highest BCUT2D eigenvalue weighted by molar-refractivity contribution is 8.00. The average Bonchev–Trinajstić information content (AvgIpc) is 2.77. The van der Waals surface area contributed by atoms with Crippen molar-refractivity contribution in [3.8, 4) is 5.75 Å². The van der Waals surface area contributed by atoms with Crippen LogP contribution in [0.4, 0.5) is 4.79 Å². The van der Waals surface area contributed by atoms with Gasteiger partial charge in [-0.2, -0.15) is 11.8 Å². The molecule has 1 aromatic carbocycles. The molecular formula is C23H36ClN3O4S.